The number of hydrogen-bond donors (Lipinski definition) is 1. The summed E-state index contributed by atoms with van der Waals surface area (Å²) in [6.07, 6.45) is 1.57. The molecule has 14 heavy (non-hydrogen) atoms. The van der Waals surface area contributed by atoms with Crippen LogP contribution in [0.5, 0.6) is 5.75 Å². The number of rotatable bonds is 0. The Morgan fingerprint density at radius 3 is 3.00 bits per heavy atom. The number of anilines is 1. The van der Waals surface area contributed by atoms with Gasteiger partial charge in [-0.15, -0.1) is 0 Å². The molecule has 0 saturated carbocycles. The lowest BCUT2D eigenvalue weighted by molar-refractivity contribution is -0.0648. The highest BCUT2D eigenvalue weighted by Gasteiger charge is 2.43. The van der Waals surface area contributed by atoms with E-state index in [1.807, 2.05) is 0 Å². The normalized spacial score (nSPS) is 21.8. The molecule has 3 heterocycles. The summed E-state index contributed by atoms with van der Waals surface area (Å²) >= 11 is 5.68. The fraction of sp³-hybridized carbons (Fsp3) is 0.500. The number of ether oxygens (including phenoxy) is 2. The highest BCUT2D eigenvalue weighted by molar-refractivity contribution is 6.28. The maximum absolute atomic E-state index is 5.68. The van der Waals surface area contributed by atoms with Crippen molar-refractivity contribution in [1.29, 1.82) is 0 Å². The number of hydrogen-bond acceptors (Lipinski definition) is 5. The first-order valence-electron chi connectivity index (χ1n) is 4.29. The van der Waals surface area contributed by atoms with Gasteiger partial charge in [0.05, 0.1) is 19.4 Å². The molecule has 2 aliphatic heterocycles. The second kappa shape index (κ2) is 2.71. The molecule has 1 N–H and O–H groups in total. The van der Waals surface area contributed by atoms with Gasteiger partial charge < -0.3 is 14.8 Å². The number of halogens is 1. The SMILES string of the molecule is Clc1ncc2c(n1)NC1(COC1)CO2. The van der Waals surface area contributed by atoms with Gasteiger partial charge in [-0.25, -0.2) is 4.98 Å². The summed E-state index contributed by atoms with van der Waals surface area (Å²) < 4.78 is 10.7. The molecule has 1 aromatic heterocycles. The number of aromatic nitrogens is 2. The number of fused-ring (bicyclic) bond motifs is 1. The quantitative estimate of drug-likeness (QED) is 0.643. The predicted octanol–water partition coefficient (Wildman–Crippen LogP) is 0.703. The van der Waals surface area contributed by atoms with E-state index in [4.69, 9.17) is 21.1 Å². The van der Waals surface area contributed by atoms with Crippen LogP contribution < -0.4 is 10.1 Å². The van der Waals surface area contributed by atoms with Crippen molar-refractivity contribution in [3.63, 3.8) is 0 Å². The Bertz CT molecular complexity index is 381. The topological polar surface area (TPSA) is 56.3 Å². The minimum Gasteiger partial charge on any atom is -0.485 e. The molecular formula is C8H8ClN3O2. The molecule has 0 amide bonds. The summed E-state index contributed by atoms with van der Waals surface area (Å²) in [4.78, 5) is 7.90. The summed E-state index contributed by atoms with van der Waals surface area (Å²) in [6.45, 7) is 1.88. The maximum atomic E-state index is 5.68. The van der Waals surface area contributed by atoms with Gasteiger partial charge in [-0.2, -0.15) is 4.98 Å². The van der Waals surface area contributed by atoms with Crippen molar-refractivity contribution in [1.82, 2.24) is 9.97 Å². The summed E-state index contributed by atoms with van der Waals surface area (Å²) in [5, 5.41) is 3.48. The highest BCUT2D eigenvalue weighted by atomic mass is 35.5. The van der Waals surface area contributed by atoms with Crippen LogP contribution in [0.4, 0.5) is 5.82 Å². The second-order valence-electron chi connectivity index (χ2n) is 3.54. The molecule has 0 atom stereocenters. The third kappa shape index (κ3) is 1.13. The minimum absolute atomic E-state index is 0.106. The average molecular weight is 214 g/mol. The molecule has 0 bridgehead atoms. The first-order chi connectivity index (χ1) is 6.77. The van der Waals surface area contributed by atoms with Gasteiger partial charge >= 0.3 is 0 Å². The van der Waals surface area contributed by atoms with Crippen LogP contribution >= 0.6 is 11.6 Å². The van der Waals surface area contributed by atoms with Crippen molar-refractivity contribution in [3.8, 4) is 5.75 Å². The van der Waals surface area contributed by atoms with Crippen molar-refractivity contribution in [2.45, 2.75) is 5.54 Å². The Balaban J connectivity index is 1.96. The average Bonchev–Trinajstić information content (AvgIpc) is 2.14. The van der Waals surface area contributed by atoms with Crippen LogP contribution in [0.15, 0.2) is 6.20 Å². The molecule has 1 spiro atoms. The zero-order valence-corrected chi connectivity index (χ0v) is 8.04. The zero-order chi connectivity index (χ0) is 9.60. The van der Waals surface area contributed by atoms with E-state index in [0.717, 1.165) is 0 Å². The Labute approximate surface area is 85.4 Å². The van der Waals surface area contributed by atoms with E-state index in [1.165, 1.54) is 0 Å². The summed E-state index contributed by atoms with van der Waals surface area (Å²) in [6, 6.07) is 0. The van der Waals surface area contributed by atoms with Crippen LogP contribution in [0.25, 0.3) is 0 Å². The third-order valence-corrected chi connectivity index (χ3v) is 2.55. The maximum Gasteiger partial charge on any atom is 0.224 e. The largest absolute Gasteiger partial charge is 0.485 e. The van der Waals surface area contributed by atoms with Gasteiger partial charge in [0.25, 0.3) is 0 Å². The smallest absolute Gasteiger partial charge is 0.224 e. The fourth-order valence-electron chi connectivity index (χ4n) is 1.55. The van der Waals surface area contributed by atoms with Crippen molar-refractivity contribution in [2.75, 3.05) is 25.1 Å². The van der Waals surface area contributed by atoms with Crippen LogP contribution in [0.1, 0.15) is 0 Å². The van der Waals surface area contributed by atoms with Gasteiger partial charge in [0.15, 0.2) is 11.6 Å². The third-order valence-electron chi connectivity index (χ3n) is 2.37. The summed E-state index contributed by atoms with van der Waals surface area (Å²) in [7, 11) is 0. The van der Waals surface area contributed by atoms with Crippen LogP contribution in [0.3, 0.4) is 0 Å². The molecule has 0 radical (unpaired) electrons. The first kappa shape index (κ1) is 8.26. The molecule has 5 nitrogen and oxygen atoms in total. The van der Waals surface area contributed by atoms with E-state index < -0.39 is 0 Å². The first-order valence-corrected chi connectivity index (χ1v) is 4.67. The van der Waals surface area contributed by atoms with E-state index in [0.29, 0.717) is 31.4 Å². The second-order valence-corrected chi connectivity index (χ2v) is 3.88. The molecule has 6 heteroatoms. The van der Waals surface area contributed by atoms with Crippen molar-refractivity contribution < 1.29 is 9.47 Å². The standard InChI is InChI=1S/C8H8ClN3O2/c9-7-10-1-5-6(11-7)12-8(4-14-5)2-13-3-8/h1H,2-4H2,(H,10,11,12). The molecule has 1 saturated heterocycles. The molecule has 0 unspecified atom stereocenters. The van der Waals surface area contributed by atoms with Crippen molar-refractivity contribution in [2.24, 2.45) is 0 Å². The Morgan fingerprint density at radius 1 is 1.43 bits per heavy atom. The van der Waals surface area contributed by atoms with E-state index >= 15 is 0 Å². The number of nitrogens with zero attached hydrogens (tertiary/aromatic N) is 2. The Morgan fingerprint density at radius 2 is 2.29 bits per heavy atom. The fourth-order valence-corrected chi connectivity index (χ4v) is 1.68. The van der Waals surface area contributed by atoms with E-state index in [1.54, 1.807) is 6.20 Å². The summed E-state index contributed by atoms with van der Waals surface area (Å²) in [5.74, 6) is 1.30. The lowest BCUT2D eigenvalue weighted by Gasteiger charge is -2.44. The van der Waals surface area contributed by atoms with Crippen molar-refractivity contribution >= 4 is 17.4 Å². The lowest BCUT2D eigenvalue weighted by Crippen LogP contribution is -2.61. The molecule has 0 aromatic carbocycles. The molecule has 1 fully saturated rings. The monoisotopic (exact) mass is 213 g/mol. The van der Waals surface area contributed by atoms with Crippen LogP contribution in [-0.2, 0) is 4.74 Å². The number of nitrogens with one attached hydrogen (secondary N) is 1. The van der Waals surface area contributed by atoms with Gasteiger partial charge in [0, 0.05) is 0 Å². The molecular weight excluding hydrogens is 206 g/mol. The van der Waals surface area contributed by atoms with Gasteiger partial charge in [-0.3, -0.25) is 0 Å². The lowest BCUT2D eigenvalue weighted by atomic mass is 9.98. The minimum atomic E-state index is -0.106. The molecule has 74 valence electrons. The van der Waals surface area contributed by atoms with Crippen LogP contribution in [0.2, 0.25) is 5.28 Å². The Kier molecular flexibility index (Phi) is 1.60. The van der Waals surface area contributed by atoms with E-state index in [9.17, 15) is 0 Å². The molecule has 1 aromatic rings. The van der Waals surface area contributed by atoms with E-state index in [2.05, 4.69) is 15.3 Å². The predicted molar refractivity (Wildman–Crippen MR) is 49.7 cm³/mol. The van der Waals surface area contributed by atoms with Crippen molar-refractivity contribution in [3.05, 3.63) is 11.5 Å². The van der Waals surface area contributed by atoms with Gasteiger partial charge in [0.1, 0.15) is 12.1 Å². The summed E-state index contributed by atoms with van der Waals surface area (Å²) in [5.41, 5.74) is -0.106. The van der Waals surface area contributed by atoms with E-state index in [-0.39, 0.29) is 10.8 Å². The van der Waals surface area contributed by atoms with Gasteiger partial charge in [-0.1, -0.05) is 0 Å². The Hall–Kier alpha value is -1.07. The van der Waals surface area contributed by atoms with Gasteiger partial charge in [-0.05, 0) is 11.6 Å². The van der Waals surface area contributed by atoms with Crippen LogP contribution in [0, 0.1) is 0 Å². The molecule has 3 rings (SSSR count). The molecule has 0 aliphatic carbocycles. The molecule has 2 aliphatic rings. The highest BCUT2D eigenvalue weighted by Crippen LogP contribution is 2.34. The zero-order valence-electron chi connectivity index (χ0n) is 7.29. The van der Waals surface area contributed by atoms with Crippen LogP contribution in [-0.4, -0.2) is 35.3 Å². The van der Waals surface area contributed by atoms with Gasteiger partial charge in [0.2, 0.25) is 5.28 Å².